The highest BCUT2D eigenvalue weighted by molar-refractivity contribution is 6.31. The molecule has 2 unspecified atom stereocenters. The van der Waals surface area contributed by atoms with Crippen molar-refractivity contribution in [3.63, 3.8) is 0 Å². The zero-order valence-corrected chi connectivity index (χ0v) is 14.7. The van der Waals surface area contributed by atoms with Gasteiger partial charge >= 0.3 is 6.09 Å². The minimum Gasteiger partial charge on any atom is -0.445 e. The summed E-state index contributed by atoms with van der Waals surface area (Å²) in [4.78, 5) is 22.3. The van der Waals surface area contributed by atoms with Crippen molar-refractivity contribution in [2.45, 2.75) is 25.2 Å². The average molecular weight is 378 g/mol. The number of carbonyl (C=O) groups is 2. The smallest absolute Gasteiger partial charge is 0.407 e. The Morgan fingerprint density at radius 3 is 2.58 bits per heavy atom. The van der Waals surface area contributed by atoms with Crippen molar-refractivity contribution >= 4 is 24.0 Å². The van der Waals surface area contributed by atoms with Gasteiger partial charge in [0, 0.05) is 22.7 Å². The number of aldehydes is 1. The molecule has 138 valence electrons. The first-order valence-corrected chi connectivity index (χ1v) is 8.44. The summed E-state index contributed by atoms with van der Waals surface area (Å²) in [7, 11) is 0. The molecule has 0 saturated carbocycles. The van der Waals surface area contributed by atoms with Crippen LogP contribution in [0.3, 0.4) is 0 Å². The van der Waals surface area contributed by atoms with Crippen LogP contribution in [-0.4, -0.2) is 35.2 Å². The number of nitrogens with one attached hydrogen (secondary N) is 1. The van der Waals surface area contributed by atoms with Gasteiger partial charge in [0.25, 0.3) is 0 Å². The quantitative estimate of drug-likeness (QED) is 0.615. The molecule has 3 N–H and O–H groups in total. The summed E-state index contributed by atoms with van der Waals surface area (Å²) in [6.45, 7) is 0.270. The molecule has 2 aromatic rings. The second-order valence-electron chi connectivity index (χ2n) is 5.69. The first kappa shape index (κ1) is 19.9. The highest BCUT2D eigenvalue weighted by atomic mass is 35.5. The van der Waals surface area contributed by atoms with Crippen LogP contribution in [0.1, 0.15) is 34.0 Å². The van der Waals surface area contributed by atoms with Gasteiger partial charge < -0.3 is 20.3 Å². The Hall–Kier alpha value is -2.41. The van der Waals surface area contributed by atoms with E-state index in [-0.39, 0.29) is 24.6 Å². The number of hydrogen-bond donors (Lipinski definition) is 3. The lowest BCUT2D eigenvalue weighted by atomic mass is 10.0. The third-order valence-corrected chi connectivity index (χ3v) is 4.09. The molecular formula is C19H20ClNO5. The van der Waals surface area contributed by atoms with E-state index < -0.39 is 18.3 Å². The van der Waals surface area contributed by atoms with Crippen molar-refractivity contribution in [2.75, 3.05) is 6.54 Å². The van der Waals surface area contributed by atoms with Gasteiger partial charge in [-0.05, 0) is 18.1 Å². The van der Waals surface area contributed by atoms with Gasteiger partial charge in [0.15, 0.2) is 0 Å². The third-order valence-electron chi connectivity index (χ3n) is 3.77. The summed E-state index contributed by atoms with van der Waals surface area (Å²) in [6, 6.07) is 13.7. The Bertz CT molecular complexity index is 738. The summed E-state index contributed by atoms with van der Waals surface area (Å²) >= 11 is 6.01. The fourth-order valence-corrected chi connectivity index (χ4v) is 2.62. The molecule has 0 radical (unpaired) electrons. The zero-order valence-electron chi connectivity index (χ0n) is 14.0. The molecule has 0 aliphatic rings. The molecule has 0 heterocycles. The lowest BCUT2D eigenvalue weighted by Gasteiger charge is -2.19. The number of amides is 1. The van der Waals surface area contributed by atoms with Crippen LogP contribution >= 0.6 is 11.6 Å². The molecular weight excluding hydrogens is 358 g/mol. The van der Waals surface area contributed by atoms with E-state index in [0.29, 0.717) is 17.4 Å². The van der Waals surface area contributed by atoms with Crippen LogP contribution in [0, 0.1) is 0 Å². The predicted molar refractivity (Wildman–Crippen MR) is 97.1 cm³/mol. The number of carbonyl (C=O) groups excluding carboxylic acids is 2. The maximum Gasteiger partial charge on any atom is 0.407 e. The molecule has 0 saturated heterocycles. The molecule has 0 bridgehead atoms. The van der Waals surface area contributed by atoms with Gasteiger partial charge in [0.2, 0.25) is 0 Å². The summed E-state index contributed by atoms with van der Waals surface area (Å²) in [5, 5.41) is 23.0. The summed E-state index contributed by atoms with van der Waals surface area (Å²) in [5.41, 5.74) is 1.56. The van der Waals surface area contributed by atoms with Gasteiger partial charge in [0.05, 0.1) is 6.10 Å². The number of halogens is 1. The van der Waals surface area contributed by atoms with E-state index in [2.05, 4.69) is 5.32 Å². The van der Waals surface area contributed by atoms with Crippen molar-refractivity contribution in [3.05, 3.63) is 70.2 Å². The first-order chi connectivity index (χ1) is 12.5. The van der Waals surface area contributed by atoms with Crippen molar-refractivity contribution in [1.82, 2.24) is 5.32 Å². The van der Waals surface area contributed by atoms with E-state index >= 15 is 0 Å². The maximum atomic E-state index is 11.6. The lowest BCUT2D eigenvalue weighted by Crippen LogP contribution is -2.29. The number of hydrogen-bond acceptors (Lipinski definition) is 5. The van der Waals surface area contributed by atoms with Crippen LogP contribution in [-0.2, 0) is 11.3 Å². The highest BCUT2D eigenvalue weighted by Crippen LogP contribution is 2.27. The minimum absolute atomic E-state index is 0.105. The molecule has 0 aliphatic carbocycles. The SMILES string of the molecule is O=Cc1ccc(C(O)C(O)CCNC(=O)OCc2ccccc2)c(Cl)c1. The molecule has 0 aromatic heterocycles. The van der Waals surface area contributed by atoms with Crippen molar-refractivity contribution in [1.29, 1.82) is 0 Å². The number of benzene rings is 2. The Kier molecular flexibility index (Phi) is 7.59. The topological polar surface area (TPSA) is 95.9 Å². The number of alkyl carbamates (subject to hydrolysis) is 1. The van der Waals surface area contributed by atoms with Crippen molar-refractivity contribution in [2.24, 2.45) is 0 Å². The van der Waals surface area contributed by atoms with Crippen LogP contribution in [0.25, 0.3) is 0 Å². The number of rotatable bonds is 8. The van der Waals surface area contributed by atoms with Crippen LogP contribution < -0.4 is 5.32 Å². The Labute approximate surface area is 156 Å². The summed E-state index contributed by atoms with van der Waals surface area (Å²) in [5.74, 6) is 0. The first-order valence-electron chi connectivity index (χ1n) is 8.06. The highest BCUT2D eigenvalue weighted by Gasteiger charge is 2.21. The maximum absolute atomic E-state index is 11.6. The zero-order chi connectivity index (χ0) is 18.9. The Morgan fingerprint density at radius 2 is 1.92 bits per heavy atom. The normalized spacial score (nSPS) is 12.9. The van der Waals surface area contributed by atoms with Gasteiger partial charge in [-0.25, -0.2) is 4.79 Å². The fourth-order valence-electron chi connectivity index (χ4n) is 2.32. The molecule has 26 heavy (non-hydrogen) atoms. The molecule has 2 aromatic carbocycles. The predicted octanol–water partition coefficient (Wildman–Crippen LogP) is 2.86. The second kappa shape index (κ2) is 9.91. The molecule has 2 rings (SSSR count). The molecule has 0 fully saturated rings. The van der Waals surface area contributed by atoms with Gasteiger partial charge in [-0.15, -0.1) is 0 Å². The van der Waals surface area contributed by atoms with Gasteiger partial charge in [0.1, 0.15) is 19.0 Å². The number of aliphatic hydroxyl groups is 2. The summed E-state index contributed by atoms with van der Waals surface area (Å²) < 4.78 is 5.05. The number of ether oxygens (including phenoxy) is 1. The largest absolute Gasteiger partial charge is 0.445 e. The molecule has 7 heteroatoms. The second-order valence-corrected chi connectivity index (χ2v) is 6.10. The minimum atomic E-state index is -1.23. The van der Waals surface area contributed by atoms with Crippen molar-refractivity contribution < 1.29 is 24.5 Å². The van der Waals surface area contributed by atoms with E-state index in [4.69, 9.17) is 16.3 Å². The van der Waals surface area contributed by atoms with Crippen LogP contribution in [0.15, 0.2) is 48.5 Å². The van der Waals surface area contributed by atoms with E-state index in [0.717, 1.165) is 5.56 Å². The van der Waals surface area contributed by atoms with Gasteiger partial charge in [-0.2, -0.15) is 0 Å². The van der Waals surface area contributed by atoms with Crippen molar-refractivity contribution in [3.8, 4) is 0 Å². The fraction of sp³-hybridized carbons (Fsp3) is 0.263. The standard InChI is InChI=1S/C19H20ClNO5/c20-16-10-14(11-22)6-7-15(16)18(24)17(23)8-9-21-19(25)26-12-13-4-2-1-3-5-13/h1-7,10-11,17-18,23-24H,8-9,12H2,(H,21,25). The Morgan fingerprint density at radius 1 is 1.19 bits per heavy atom. The van der Waals surface area contributed by atoms with Crippen LogP contribution in [0.2, 0.25) is 5.02 Å². The molecule has 0 spiro atoms. The van der Waals surface area contributed by atoms with E-state index in [1.165, 1.54) is 18.2 Å². The van der Waals surface area contributed by atoms with E-state index in [1.807, 2.05) is 30.3 Å². The Balaban J connectivity index is 1.76. The van der Waals surface area contributed by atoms with Crippen LogP contribution in [0.5, 0.6) is 0 Å². The van der Waals surface area contributed by atoms with E-state index in [1.54, 1.807) is 0 Å². The average Bonchev–Trinajstić information content (AvgIpc) is 2.66. The van der Waals surface area contributed by atoms with E-state index in [9.17, 15) is 19.8 Å². The number of aliphatic hydroxyl groups excluding tert-OH is 2. The molecule has 0 aliphatic heterocycles. The lowest BCUT2D eigenvalue weighted by molar-refractivity contribution is 0.0137. The molecule has 1 amide bonds. The monoisotopic (exact) mass is 377 g/mol. The molecule has 2 atom stereocenters. The third kappa shape index (κ3) is 5.84. The molecule has 6 nitrogen and oxygen atoms in total. The van der Waals surface area contributed by atoms with Gasteiger partial charge in [-0.1, -0.05) is 54.1 Å². The van der Waals surface area contributed by atoms with Crippen LogP contribution in [0.4, 0.5) is 4.79 Å². The van der Waals surface area contributed by atoms with Gasteiger partial charge in [-0.3, -0.25) is 4.79 Å². The summed E-state index contributed by atoms with van der Waals surface area (Å²) in [6.07, 6.45) is -2.23.